The van der Waals surface area contributed by atoms with Crippen LogP contribution in [0.2, 0.25) is 0 Å². The van der Waals surface area contributed by atoms with Gasteiger partial charge in [-0.3, -0.25) is 4.79 Å². The molecule has 1 amide bonds. The Labute approximate surface area is 174 Å². The lowest BCUT2D eigenvalue weighted by Crippen LogP contribution is -3.16. The van der Waals surface area contributed by atoms with Gasteiger partial charge in [-0.15, -0.1) is 0 Å². The molecule has 1 saturated carbocycles. The highest BCUT2D eigenvalue weighted by molar-refractivity contribution is 5.76. The van der Waals surface area contributed by atoms with Gasteiger partial charge in [0.25, 0.3) is 5.91 Å². The van der Waals surface area contributed by atoms with Crippen LogP contribution >= 0.6 is 0 Å². The monoisotopic (exact) mass is 405 g/mol. The zero-order chi connectivity index (χ0) is 20.9. The summed E-state index contributed by atoms with van der Waals surface area (Å²) in [5, 5.41) is 14.5. The zero-order valence-electron chi connectivity index (χ0n) is 18.1. The lowest BCUT2D eigenvalue weighted by molar-refractivity contribution is -0.937. The average Bonchev–Trinajstić information content (AvgIpc) is 2.73. The molecule has 1 saturated heterocycles. The van der Waals surface area contributed by atoms with E-state index in [4.69, 9.17) is 9.47 Å². The molecule has 3 N–H and O–H groups in total. The number of carbonyl (C=O) groups is 1. The molecule has 2 fully saturated rings. The molecule has 1 aliphatic heterocycles. The summed E-state index contributed by atoms with van der Waals surface area (Å²) in [6.07, 6.45) is 6.90. The molecule has 0 spiro atoms. The normalized spacial score (nSPS) is 29.0. The lowest BCUT2D eigenvalue weighted by atomic mass is 9.66. The number of methoxy groups -OCH3 is 2. The van der Waals surface area contributed by atoms with Crippen molar-refractivity contribution in [1.82, 2.24) is 5.32 Å². The predicted molar refractivity (Wildman–Crippen MR) is 112 cm³/mol. The molecule has 0 aromatic heterocycles. The number of hydrogen-bond donors (Lipinski definition) is 3. The number of carbonyl (C=O) groups excluding carboxylic acids is 1. The van der Waals surface area contributed by atoms with Gasteiger partial charge in [-0.25, -0.2) is 0 Å². The number of quaternary nitrogens is 1. The van der Waals surface area contributed by atoms with Crippen molar-refractivity contribution in [3.8, 4) is 11.5 Å². The second-order valence-corrected chi connectivity index (χ2v) is 8.59. The first-order valence-corrected chi connectivity index (χ1v) is 11.1. The number of ether oxygens (including phenoxy) is 2. The van der Waals surface area contributed by atoms with Gasteiger partial charge in [0.2, 0.25) is 0 Å². The SMILES string of the molecule is CCCCNC(=O)C[NH+]1CC[C@]2(O)CCCC[C@@H]2[C@H]1c1ccc(OC)c(OC)c1. The molecule has 162 valence electrons. The number of likely N-dealkylation sites (tertiary alicyclic amines) is 1. The number of piperidine rings is 1. The minimum atomic E-state index is -0.627. The summed E-state index contributed by atoms with van der Waals surface area (Å²) < 4.78 is 10.9. The Morgan fingerprint density at radius 1 is 1.24 bits per heavy atom. The number of unbranched alkanes of at least 4 members (excludes halogenated alkanes) is 1. The number of amides is 1. The highest BCUT2D eigenvalue weighted by Crippen LogP contribution is 2.45. The second-order valence-electron chi connectivity index (χ2n) is 8.59. The third kappa shape index (κ3) is 4.86. The predicted octanol–water partition coefficient (Wildman–Crippen LogP) is 1.87. The van der Waals surface area contributed by atoms with E-state index >= 15 is 0 Å². The van der Waals surface area contributed by atoms with Crippen molar-refractivity contribution >= 4 is 5.91 Å². The summed E-state index contributed by atoms with van der Waals surface area (Å²) in [6.45, 7) is 4.10. The molecule has 1 heterocycles. The van der Waals surface area contributed by atoms with Crippen LogP contribution in [-0.4, -0.2) is 50.5 Å². The Balaban J connectivity index is 1.88. The Bertz CT molecular complexity index is 695. The van der Waals surface area contributed by atoms with Crippen molar-refractivity contribution in [2.75, 3.05) is 33.9 Å². The number of hydrogen-bond acceptors (Lipinski definition) is 4. The van der Waals surface area contributed by atoms with Gasteiger partial charge >= 0.3 is 0 Å². The van der Waals surface area contributed by atoms with Gasteiger partial charge in [-0.2, -0.15) is 0 Å². The van der Waals surface area contributed by atoms with Gasteiger partial charge in [0.15, 0.2) is 18.0 Å². The summed E-state index contributed by atoms with van der Waals surface area (Å²) in [5.74, 6) is 1.65. The van der Waals surface area contributed by atoms with Crippen LogP contribution < -0.4 is 19.7 Å². The van der Waals surface area contributed by atoms with Gasteiger partial charge < -0.3 is 24.8 Å². The maximum atomic E-state index is 12.6. The van der Waals surface area contributed by atoms with E-state index in [0.29, 0.717) is 18.0 Å². The van der Waals surface area contributed by atoms with E-state index < -0.39 is 5.60 Å². The number of nitrogens with one attached hydrogen (secondary N) is 2. The Hall–Kier alpha value is -1.79. The van der Waals surface area contributed by atoms with Crippen LogP contribution in [-0.2, 0) is 4.79 Å². The van der Waals surface area contributed by atoms with Gasteiger partial charge in [-0.1, -0.05) is 26.2 Å². The molecular weight excluding hydrogens is 368 g/mol. The number of aliphatic hydroxyl groups is 1. The topological polar surface area (TPSA) is 72.2 Å². The van der Waals surface area contributed by atoms with E-state index in [1.807, 2.05) is 12.1 Å². The average molecular weight is 406 g/mol. The molecule has 6 nitrogen and oxygen atoms in total. The summed E-state index contributed by atoms with van der Waals surface area (Å²) in [5.41, 5.74) is 0.488. The van der Waals surface area contributed by atoms with Crippen molar-refractivity contribution in [1.29, 1.82) is 0 Å². The molecule has 0 bridgehead atoms. The van der Waals surface area contributed by atoms with Crippen LogP contribution in [0.5, 0.6) is 11.5 Å². The molecule has 2 aliphatic rings. The van der Waals surface area contributed by atoms with Crippen LogP contribution in [0.3, 0.4) is 0 Å². The standard InChI is InChI=1S/C23H36N2O4/c1-4-5-13-24-21(26)16-25-14-12-23(27)11-7-6-8-18(23)22(25)17-9-10-19(28-2)20(15-17)29-3/h9-10,15,18,22,27H,4-8,11-14,16H2,1-3H3,(H,24,26)/p+1/t18-,22-,23-/m1/s1. The van der Waals surface area contributed by atoms with E-state index in [1.54, 1.807) is 14.2 Å². The highest BCUT2D eigenvalue weighted by Gasteiger charge is 2.52. The number of rotatable bonds is 8. The molecule has 4 atom stereocenters. The fourth-order valence-corrected chi connectivity index (χ4v) is 5.24. The minimum Gasteiger partial charge on any atom is -0.493 e. The Morgan fingerprint density at radius 3 is 2.76 bits per heavy atom. The smallest absolute Gasteiger partial charge is 0.275 e. The van der Waals surface area contributed by atoms with Crippen LogP contribution in [0.25, 0.3) is 0 Å². The van der Waals surface area contributed by atoms with Crippen LogP contribution in [0.4, 0.5) is 0 Å². The third-order valence-electron chi connectivity index (χ3n) is 6.79. The van der Waals surface area contributed by atoms with Gasteiger partial charge in [0, 0.05) is 24.4 Å². The van der Waals surface area contributed by atoms with Crippen molar-refractivity contribution in [2.24, 2.45) is 5.92 Å². The van der Waals surface area contributed by atoms with Crippen LogP contribution in [0, 0.1) is 5.92 Å². The van der Waals surface area contributed by atoms with Crippen LogP contribution in [0.15, 0.2) is 18.2 Å². The summed E-state index contributed by atoms with van der Waals surface area (Å²) >= 11 is 0. The molecule has 1 aromatic carbocycles. The maximum absolute atomic E-state index is 12.6. The zero-order valence-corrected chi connectivity index (χ0v) is 18.1. The summed E-state index contributed by atoms with van der Waals surface area (Å²) in [7, 11) is 3.28. The molecule has 1 unspecified atom stereocenters. The quantitative estimate of drug-likeness (QED) is 0.578. The Kier molecular flexibility index (Phi) is 7.41. The molecule has 0 radical (unpaired) electrons. The number of benzene rings is 1. The first-order chi connectivity index (χ1) is 14.0. The maximum Gasteiger partial charge on any atom is 0.275 e. The third-order valence-corrected chi connectivity index (χ3v) is 6.79. The fraction of sp³-hybridized carbons (Fsp3) is 0.696. The van der Waals surface area contributed by atoms with E-state index in [9.17, 15) is 9.90 Å². The van der Waals surface area contributed by atoms with Crippen molar-refractivity contribution in [3.63, 3.8) is 0 Å². The second kappa shape index (κ2) is 9.81. The van der Waals surface area contributed by atoms with Gasteiger partial charge in [0.1, 0.15) is 6.04 Å². The van der Waals surface area contributed by atoms with Crippen molar-refractivity contribution in [2.45, 2.75) is 63.5 Å². The molecule has 6 heteroatoms. The minimum absolute atomic E-state index is 0.0748. The molecule has 29 heavy (non-hydrogen) atoms. The van der Waals surface area contributed by atoms with E-state index in [-0.39, 0.29) is 17.9 Å². The van der Waals surface area contributed by atoms with E-state index in [0.717, 1.165) is 63.6 Å². The summed E-state index contributed by atoms with van der Waals surface area (Å²) in [4.78, 5) is 13.8. The summed E-state index contributed by atoms with van der Waals surface area (Å²) in [6, 6.07) is 6.11. The van der Waals surface area contributed by atoms with E-state index in [2.05, 4.69) is 18.3 Å². The van der Waals surface area contributed by atoms with Crippen molar-refractivity contribution in [3.05, 3.63) is 23.8 Å². The van der Waals surface area contributed by atoms with Gasteiger partial charge in [0.05, 0.1) is 26.4 Å². The molecule has 1 aliphatic carbocycles. The molecule has 1 aromatic rings. The number of fused-ring (bicyclic) bond motifs is 1. The first-order valence-electron chi connectivity index (χ1n) is 11.1. The molecular formula is C23H37N2O4+. The van der Waals surface area contributed by atoms with Gasteiger partial charge in [-0.05, 0) is 37.5 Å². The van der Waals surface area contributed by atoms with Crippen LogP contribution in [0.1, 0.15) is 63.5 Å². The van der Waals surface area contributed by atoms with E-state index in [1.165, 1.54) is 4.90 Å². The largest absolute Gasteiger partial charge is 0.493 e. The first kappa shape index (κ1) is 21.9. The van der Waals surface area contributed by atoms with Crippen molar-refractivity contribution < 1.29 is 24.3 Å². The lowest BCUT2D eigenvalue weighted by Gasteiger charge is -2.50. The Morgan fingerprint density at radius 2 is 2.03 bits per heavy atom. The highest BCUT2D eigenvalue weighted by atomic mass is 16.5. The molecule has 3 rings (SSSR count). The fourth-order valence-electron chi connectivity index (χ4n) is 5.24.